The molecular weight excluding hydrogens is 316 g/mol. The molecule has 0 aliphatic heterocycles. The van der Waals surface area contributed by atoms with Crippen molar-refractivity contribution in [3.8, 4) is 11.6 Å². The summed E-state index contributed by atoms with van der Waals surface area (Å²) in [7, 11) is 0. The van der Waals surface area contributed by atoms with Gasteiger partial charge in [-0.1, -0.05) is 12.1 Å². The van der Waals surface area contributed by atoms with Crippen molar-refractivity contribution in [1.29, 1.82) is 0 Å². The van der Waals surface area contributed by atoms with E-state index in [1.807, 2.05) is 38.1 Å². The summed E-state index contributed by atoms with van der Waals surface area (Å²) in [5.41, 5.74) is 1.53. The van der Waals surface area contributed by atoms with E-state index in [4.69, 9.17) is 4.74 Å². The minimum atomic E-state index is -0.161. The number of pyridine rings is 1. The van der Waals surface area contributed by atoms with Crippen LogP contribution < -0.4 is 10.1 Å². The number of benzene rings is 1. The lowest BCUT2D eigenvalue weighted by molar-refractivity contribution is 0.0939. The van der Waals surface area contributed by atoms with Gasteiger partial charge in [-0.25, -0.2) is 9.97 Å². The topological polar surface area (TPSA) is 69.0 Å². The van der Waals surface area contributed by atoms with Crippen molar-refractivity contribution in [3.05, 3.63) is 72.4 Å². The van der Waals surface area contributed by atoms with Crippen molar-refractivity contribution in [2.75, 3.05) is 6.61 Å². The number of hydrogen-bond acceptors (Lipinski definition) is 4. The van der Waals surface area contributed by atoms with E-state index < -0.39 is 0 Å². The van der Waals surface area contributed by atoms with E-state index in [0.717, 1.165) is 11.3 Å². The van der Waals surface area contributed by atoms with E-state index in [-0.39, 0.29) is 11.9 Å². The molecule has 1 unspecified atom stereocenters. The fourth-order valence-corrected chi connectivity index (χ4v) is 2.45. The van der Waals surface area contributed by atoms with Gasteiger partial charge >= 0.3 is 0 Å². The summed E-state index contributed by atoms with van der Waals surface area (Å²) in [4.78, 5) is 20.7. The maximum atomic E-state index is 12.4. The van der Waals surface area contributed by atoms with E-state index in [9.17, 15) is 4.79 Å². The first-order valence-electron chi connectivity index (χ1n) is 8.15. The molecular formula is C19H20N4O2. The molecule has 0 saturated heterocycles. The van der Waals surface area contributed by atoms with Crippen LogP contribution in [-0.4, -0.2) is 27.0 Å². The van der Waals surface area contributed by atoms with E-state index in [2.05, 4.69) is 15.3 Å². The highest BCUT2D eigenvalue weighted by Gasteiger charge is 2.12. The van der Waals surface area contributed by atoms with E-state index >= 15 is 0 Å². The molecule has 128 valence electrons. The molecule has 0 saturated carbocycles. The zero-order valence-corrected chi connectivity index (χ0v) is 14.2. The first-order chi connectivity index (χ1) is 12.2. The van der Waals surface area contributed by atoms with E-state index in [1.165, 1.54) is 0 Å². The number of nitrogens with zero attached hydrogens (tertiary/aromatic N) is 3. The molecule has 3 aromatic rings. The molecule has 1 atom stereocenters. The second-order valence-electron chi connectivity index (χ2n) is 5.57. The van der Waals surface area contributed by atoms with Crippen molar-refractivity contribution in [3.63, 3.8) is 0 Å². The molecule has 6 heteroatoms. The highest BCUT2D eigenvalue weighted by Crippen LogP contribution is 2.18. The zero-order valence-electron chi connectivity index (χ0n) is 14.2. The Balaban J connectivity index is 1.64. The lowest BCUT2D eigenvalue weighted by Gasteiger charge is -2.15. The standard InChI is InChI=1S/C19H20N4O2/c1-3-25-17-7-4-15(5-8-17)14(2)22-19(24)16-6-9-18(21-12-16)23-11-10-20-13-23/h4-14H,3H2,1-2H3,(H,22,24). The summed E-state index contributed by atoms with van der Waals surface area (Å²) in [6.07, 6.45) is 6.71. The third-order valence-electron chi connectivity index (χ3n) is 3.82. The van der Waals surface area contributed by atoms with Crippen molar-refractivity contribution in [2.24, 2.45) is 0 Å². The second kappa shape index (κ2) is 7.61. The highest BCUT2D eigenvalue weighted by molar-refractivity contribution is 5.94. The van der Waals surface area contributed by atoms with Crippen LogP contribution in [0.4, 0.5) is 0 Å². The molecule has 1 N–H and O–H groups in total. The first-order valence-corrected chi connectivity index (χ1v) is 8.15. The largest absolute Gasteiger partial charge is 0.494 e. The Morgan fingerprint density at radius 2 is 2.04 bits per heavy atom. The van der Waals surface area contributed by atoms with Crippen molar-refractivity contribution >= 4 is 5.91 Å². The Morgan fingerprint density at radius 3 is 2.64 bits per heavy atom. The summed E-state index contributed by atoms with van der Waals surface area (Å²) in [6, 6.07) is 11.1. The van der Waals surface area contributed by atoms with Crippen LogP contribution in [-0.2, 0) is 0 Å². The summed E-state index contributed by atoms with van der Waals surface area (Å²) in [5, 5.41) is 2.98. The molecule has 0 fully saturated rings. The van der Waals surface area contributed by atoms with Crippen molar-refractivity contribution in [1.82, 2.24) is 19.9 Å². The van der Waals surface area contributed by atoms with Crippen LogP contribution in [0.5, 0.6) is 5.75 Å². The number of amides is 1. The van der Waals surface area contributed by atoms with Gasteiger partial charge in [0.15, 0.2) is 0 Å². The number of rotatable bonds is 6. The van der Waals surface area contributed by atoms with Crippen LogP contribution in [0.15, 0.2) is 61.3 Å². The molecule has 1 amide bonds. The van der Waals surface area contributed by atoms with Gasteiger partial charge in [0.25, 0.3) is 5.91 Å². The quantitative estimate of drug-likeness (QED) is 0.751. The number of imidazole rings is 1. The maximum absolute atomic E-state index is 12.4. The van der Waals surface area contributed by atoms with Gasteiger partial charge in [0.1, 0.15) is 17.9 Å². The van der Waals surface area contributed by atoms with Gasteiger partial charge in [0.2, 0.25) is 0 Å². The number of ether oxygens (including phenoxy) is 1. The van der Waals surface area contributed by atoms with Gasteiger partial charge in [-0.3, -0.25) is 9.36 Å². The second-order valence-corrected chi connectivity index (χ2v) is 5.57. The molecule has 0 aliphatic carbocycles. The fraction of sp³-hybridized carbons (Fsp3) is 0.211. The fourth-order valence-electron chi connectivity index (χ4n) is 2.45. The van der Waals surface area contributed by atoms with Gasteiger partial charge < -0.3 is 10.1 Å². The SMILES string of the molecule is CCOc1ccc(C(C)NC(=O)c2ccc(-n3ccnc3)nc2)cc1. The van der Waals surface area contributed by atoms with E-state index in [0.29, 0.717) is 18.0 Å². The Labute approximate surface area is 146 Å². The number of hydrogen-bond donors (Lipinski definition) is 1. The number of nitrogens with one attached hydrogen (secondary N) is 1. The monoisotopic (exact) mass is 336 g/mol. The van der Waals surface area contributed by atoms with Gasteiger partial charge in [-0.15, -0.1) is 0 Å². The average Bonchev–Trinajstić information content (AvgIpc) is 3.17. The molecule has 0 bridgehead atoms. The van der Waals surface area contributed by atoms with Gasteiger partial charge in [-0.2, -0.15) is 0 Å². The average molecular weight is 336 g/mol. The van der Waals surface area contributed by atoms with E-state index in [1.54, 1.807) is 41.6 Å². The van der Waals surface area contributed by atoms with Crippen LogP contribution in [0.1, 0.15) is 35.8 Å². The third kappa shape index (κ3) is 4.03. The summed E-state index contributed by atoms with van der Waals surface area (Å²) in [6.45, 7) is 4.53. The van der Waals surface area contributed by atoms with Gasteiger partial charge in [0.05, 0.1) is 18.2 Å². The van der Waals surface area contributed by atoms with Crippen LogP contribution in [0.2, 0.25) is 0 Å². The summed E-state index contributed by atoms with van der Waals surface area (Å²) in [5.74, 6) is 1.38. The van der Waals surface area contributed by atoms with Gasteiger partial charge in [-0.05, 0) is 43.7 Å². The lowest BCUT2D eigenvalue weighted by Crippen LogP contribution is -2.26. The van der Waals surface area contributed by atoms with Crippen LogP contribution >= 0.6 is 0 Å². The molecule has 0 aliphatic rings. The molecule has 25 heavy (non-hydrogen) atoms. The normalized spacial score (nSPS) is 11.8. The minimum Gasteiger partial charge on any atom is -0.494 e. The molecule has 0 spiro atoms. The number of aromatic nitrogens is 3. The third-order valence-corrected chi connectivity index (χ3v) is 3.82. The number of carbonyl (C=O) groups is 1. The minimum absolute atomic E-state index is 0.114. The predicted octanol–water partition coefficient (Wildman–Crippen LogP) is 3.16. The van der Waals surface area contributed by atoms with Crippen molar-refractivity contribution in [2.45, 2.75) is 19.9 Å². The van der Waals surface area contributed by atoms with Crippen LogP contribution in [0.3, 0.4) is 0 Å². The highest BCUT2D eigenvalue weighted by atomic mass is 16.5. The Morgan fingerprint density at radius 1 is 1.24 bits per heavy atom. The Kier molecular flexibility index (Phi) is 5.09. The Bertz CT molecular complexity index is 812. The smallest absolute Gasteiger partial charge is 0.253 e. The number of carbonyl (C=O) groups excluding carboxylic acids is 1. The molecule has 6 nitrogen and oxygen atoms in total. The summed E-state index contributed by atoms with van der Waals surface area (Å²) >= 11 is 0. The Hall–Kier alpha value is -3.15. The molecule has 2 heterocycles. The predicted molar refractivity (Wildman–Crippen MR) is 94.9 cm³/mol. The zero-order chi connectivity index (χ0) is 17.6. The van der Waals surface area contributed by atoms with Crippen molar-refractivity contribution < 1.29 is 9.53 Å². The lowest BCUT2D eigenvalue weighted by atomic mass is 10.1. The van der Waals surface area contributed by atoms with Crippen LogP contribution in [0, 0.1) is 0 Å². The molecule has 2 aromatic heterocycles. The van der Waals surface area contributed by atoms with Gasteiger partial charge in [0, 0.05) is 18.6 Å². The maximum Gasteiger partial charge on any atom is 0.253 e. The molecule has 1 aromatic carbocycles. The molecule has 0 radical (unpaired) electrons. The summed E-state index contributed by atoms with van der Waals surface area (Å²) < 4.78 is 7.21. The first kappa shape index (κ1) is 16.7. The molecule has 3 rings (SSSR count). The van der Waals surface area contributed by atoms with Crippen LogP contribution in [0.25, 0.3) is 5.82 Å².